The van der Waals surface area contributed by atoms with Crippen molar-refractivity contribution in [2.45, 2.75) is 44.5 Å². The number of ether oxygens (including phenoxy) is 3. The third-order valence-corrected chi connectivity index (χ3v) is 8.84. The second-order valence-corrected chi connectivity index (χ2v) is 13.2. The topological polar surface area (TPSA) is 110 Å². The van der Waals surface area contributed by atoms with Crippen molar-refractivity contribution in [3.63, 3.8) is 0 Å². The van der Waals surface area contributed by atoms with Gasteiger partial charge in [-0.15, -0.1) is 0 Å². The minimum Gasteiger partial charge on any atom is -0.493 e. The van der Waals surface area contributed by atoms with Gasteiger partial charge in [0.15, 0.2) is 11.5 Å². The molecule has 2 aromatic carbocycles. The summed E-state index contributed by atoms with van der Waals surface area (Å²) in [4.78, 5) is 18.0. The van der Waals surface area contributed by atoms with Crippen LogP contribution in [-0.2, 0) is 22.3 Å². The van der Waals surface area contributed by atoms with Gasteiger partial charge in [-0.25, -0.2) is 13.5 Å². The Morgan fingerprint density at radius 2 is 1.79 bits per heavy atom. The van der Waals surface area contributed by atoms with Gasteiger partial charge in [0.25, 0.3) is 5.91 Å². The zero-order valence-electron chi connectivity index (χ0n) is 25.5. The molecule has 0 spiro atoms. The van der Waals surface area contributed by atoms with E-state index in [4.69, 9.17) is 19.2 Å². The second kappa shape index (κ2) is 14.1. The number of hydrogen-bond donors (Lipinski definition) is 2. The quantitative estimate of drug-likeness (QED) is 0.263. The molecule has 2 atom stereocenters. The summed E-state index contributed by atoms with van der Waals surface area (Å²) >= 11 is 0. The zero-order valence-corrected chi connectivity index (χ0v) is 26.3. The van der Waals surface area contributed by atoms with E-state index in [2.05, 4.69) is 17.2 Å². The molecule has 0 aliphatic carbocycles. The highest BCUT2D eigenvalue weighted by Gasteiger charge is 2.40. The maximum Gasteiger partial charge on any atom is 0.269 e. The van der Waals surface area contributed by atoms with Crippen LogP contribution >= 0.6 is 0 Å². The Labute approximate surface area is 256 Å². The highest BCUT2D eigenvalue weighted by molar-refractivity contribution is 7.84. The number of aliphatic hydroxyl groups is 1. The average molecular weight is 606 g/mol. The molecule has 0 bridgehead atoms. The molecule has 1 aliphatic rings. The smallest absolute Gasteiger partial charge is 0.269 e. The zero-order chi connectivity index (χ0) is 31.1. The van der Waals surface area contributed by atoms with Gasteiger partial charge in [-0.05, 0) is 69.2 Å². The molecule has 228 valence electrons. The van der Waals surface area contributed by atoms with Gasteiger partial charge >= 0.3 is 0 Å². The number of amides is 1. The summed E-state index contributed by atoms with van der Waals surface area (Å²) in [6, 6.07) is 14.6. The van der Waals surface area contributed by atoms with Crippen LogP contribution in [0.15, 0.2) is 48.5 Å². The first-order valence-electron chi connectivity index (χ1n) is 14.1. The molecule has 10 heteroatoms. The highest BCUT2D eigenvalue weighted by Crippen LogP contribution is 2.44. The first-order chi connectivity index (χ1) is 20.6. The van der Waals surface area contributed by atoms with Gasteiger partial charge in [0, 0.05) is 49.1 Å². The van der Waals surface area contributed by atoms with Crippen LogP contribution < -0.4 is 14.8 Å². The maximum absolute atomic E-state index is 13.6. The van der Waals surface area contributed by atoms with E-state index in [0.717, 1.165) is 27.8 Å². The Morgan fingerprint density at radius 3 is 2.44 bits per heavy atom. The number of carbonyl (C=O) groups is 1. The summed E-state index contributed by atoms with van der Waals surface area (Å²) in [6.45, 7) is 6.79. The fourth-order valence-corrected chi connectivity index (χ4v) is 6.37. The fraction of sp³-hybridized carbons (Fsp3) is 0.394. The summed E-state index contributed by atoms with van der Waals surface area (Å²) < 4.78 is 30.8. The van der Waals surface area contributed by atoms with Crippen LogP contribution in [0.2, 0.25) is 0 Å². The van der Waals surface area contributed by atoms with Crippen molar-refractivity contribution in [3.8, 4) is 34.6 Å². The molecule has 1 unspecified atom stereocenters. The lowest BCUT2D eigenvalue weighted by Crippen LogP contribution is -2.36. The van der Waals surface area contributed by atoms with E-state index in [0.29, 0.717) is 43.3 Å². The van der Waals surface area contributed by atoms with E-state index < -0.39 is 15.7 Å². The van der Waals surface area contributed by atoms with Crippen LogP contribution in [0.5, 0.6) is 11.5 Å². The molecule has 1 aromatic heterocycles. The molecule has 4 rings (SSSR count). The molecule has 0 saturated carbocycles. The normalized spacial score (nSPS) is 15.3. The van der Waals surface area contributed by atoms with Crippen molar-refractivity contribution in [2.75, 3.05) is 41.1 Å². The van der Waals surface area contributed by atoms with Crippen LogP contribution in [0.1, 0.15) is 66.0 Å². The van der Waals surface area contributed by atoms with Gasteiger partial charge in [0.05, 0.1) is 37.3 Å². The van der Waals surface area contributed by atoms with Gasteiger partial charge in [-0.1, -0.05) is 24.0 Å². The average Bonchev–Trinajstić information content (AvgIpc) is 3.36. The molecule has 43 heavy (non-hydrogen) atoms. The number of pyridine rings is 1. The van der Waals surface area contributed by atoms with E-state index in [9.17, 15) is 14.1 Å². The van der Waals surface area contributed by atoms with Crippen LogP contribution in [-0.4, -0.2) is 70.3 Å². The minimum absolute atomic E-state index is 0.0858. The van der Waals surface area contributed by atoms with Gasteiger partial charge in [-0.3, -0.25) is 4.79 Å². The van der Waals surface area contributed by atoms with E-state index in [-0.39, 0.29) is 24.2 Å². The second-order valence-electron chi connectivity index (χ2n) is 11.0. The van der Waals surface area contributed by atoms with Crippen LogP contribution in [0.4, 0.5) is 0 Å². The molecule has 2 heterocycles. The van der Waals surface area contributed by atoms with Gasteiger partial charge in [-0.2, -0.15) is 0 Å². The number of hydrogen-bond acceptors (Lipinski definition) is 7. The predicted molar refractivity (Wildman–Crippen MR) is 167 cm³/mol. The van der Waals surface area contributed by atoms with E-state index in [1.54, 1.807) is 27.4 Å². The third-order valence-electron chi connectivity index (χ3n) is 6.99. The van der Waals surface area contributed by atoms with Crippen molar-refractivity contribution < 1.29 is 28.3 Å². The lowest BCUT2D eigenvalue weighted by Gasteiger charge is -2.30. The monoisotopic (exact) mass is 605 g/mol. The Bertz CT molecular complexity index is 1560. The van der Waals surface area contributed by atoms with Crippen LogP contribution in [0.25, 0.3) is 11.3 Å². The number of rotatable bonds is 10. The number of nitrogens with one attached hydrogen (secondary N) is 1. The van der Waals surface area contributed by atoms with Crippen molar-refractivity contribution in [1.82, 2.24) is 14.6 Å². The molecule has 0 saturated heterocycles. The summed E-state index contributed by atoms with van der Waals surface area (Å²) in [7, 11) is 3.38. The SMILES string of the molecule is COCCNC(=O)c1cc2c(c(-c3cccc(C#Cc4ccc(OC)c(OC)c4)c3)n1)[C@H](CCO)N(S(=O)C(C)(C)C)C2. The van der Waals surface area contributed by atoms with Gasteiger partial charge < -0.3 is 24.6 Å². The van der Waals surface area contributed by atoms with Crippen molar-refractivity contribution >= 4 is 16.9 Å². The molecule has 2 N–H and O–H groups in total. The minimum atomic E-state index is -1.36. The molecular weight excluding hydrogens is 566 g/mol. The highest BCUT2D eigenvalue weighted by atomic mass is 32.2. The fourth-order valence-electron chi connectivity index (χ4n) is 4.97. The first-order valence-corrected chi connectivity index (χ1v) is 15.2. The Morgan fingerprint density at radius 1 is 1.07 bits per heavy atom. The van der Waals surface area contributed by atoms with Crippen LogP contribution in [0, 0.1) is 11.8 Å². The molecule has 9 nitrogen and oxygen atoms in total. The molecule has 0 fully saturated rings. The molecule has 0 radical (unpaired) electrons. The summed E-state index contributed by atoms with van der Waals surface area (Å²) in [5, 5.41) is 12.9. The number of aromatic nitrogens is 1. The van der Waals surface area contributed by atoms with Crippen molar-refractivity contribution in [3.05, 3.63) is 76.5 Å². The summed E-state index contributed by atoms with van der Waals surface area (Å²) in [5.74, 6) is 7.30. The number of nitrogens with zero attached hydrogens (tertiary/aromatic N) is 2. The molecule has 3 aromatic rings. The predicted octanol–water partition coefficient (Wildman–Crippen LogP) is 4.24. The number of methoxy groups -OCH3 is 3. The van der Waals surface area contributed by atoms with Gasteiger partial charge in [0.1, 0.15) is 16.7 Å². The first kappa shape index (κ1) is 32.2. The Hall–Kier alpha value is -3.75. The Balaban J connectivity index is 1.80. The van der Waals surface area contributed by atoms with Crippen molar-refractivity contribution in [2.24, 2.45) is 0 Å². The maximum atomic E-state index is 13.6. The number of carbonyl (C=O) groups excluding carboxylic acids is 1. The summed E-state index contributed by atoms with van der Waals surface area (Å²) in [6.07, 6.45) is 0.377. The largest absolute Gasteiger partial charge is 0.493 e. The molecule has 1 aliphatic heterocycles. The standard InChI is InChI=1S/C33H39N3O6S/c1-33(2,3)43(39)36-21-25-20-26(32(38)34-15-17-40-4)35-31(30(25)27(36)14-16-37)24-9-7-8-22(18-24)10-11-23-12-13-28(41-5)29(19-23)42-6/h7-9,12-13,18-20,27,37H,14-17,21H2,1-6H3,(H,34,38)/t27-,43?/m0/s1. The molecular formula is C33H39N3O6S. The van der Waals surface area contributed by atoms with Crippen molar-refractivity contribution in [1.29, 1.82) is 0 Å². The van der Waals surface area contributed by atoms with E-state index in [1.807, 2.05) is 67.5 Å². The number of aliphatic hydroxyl groups excluding tert-OH is 1. The number of benzene rings is 2. The van der Waals surface area contributed by atoms with Gasteiger partial charge in [0.2, 0.25) is 0 Å². The lowest BCUT2D eigenvalue weighted by atomic mass is 9.95. The third kappa shape index (κ3) is 7.43. The Kier molecular flexibility index (Phi) is 10.6. The molecule has 1 amide bonds. The van der Waals surface area contributed by atoms with E-state index in [1.165, 1.54) is 0 Å². The van der Waals surface area contributed by atoms with Crippen LogP contribution in [0.3, 0.4) is 0 Å². The summed E-state index contributed by atoms with van der Waals surface area (Å²) in [5.41, 5.74) is 4.89. The number of fused-ring (bicyclic) bond motifs is 1. The lowest BCUT2D eigenvalue weighted by molar-refractivity contribution is 0.0932. The van der Waals surface area contributed by atoms with E-state index >= 15 is 0 Å².